The molecule has 5 nitrogen and oxygen atoms in total. The van der Waals surface area contributed by atoms with E-state index < -0.39 is 0 Å². The zero-order valence-electron chi connectivity index (χ0n) is 11.1. The highest BCUT2D eigenvalue weighted by Crippen LogP contribution is 2.25. The van der Waals surface area contributed by atoms with E-state index in [1.807, 2.05) is 11.0 Å². The Morgan fingerprint density at radius 3 is 2.79 bits per heavy atom. The first-order valence-electron chi connectivity index (χ1n) is 6.42. The van der Waals surface area contributed by atoms with Gasteiger partial charge in [-0.3, -0.25) is 4.79 Å². The summed E-state index contributed by atoms with van der Waals surface area (Å²) in [6, 6.07) is 7.43. The summed E-state index contributed by atoms with van der Waals surface area (Å²) in [6.45, 7) is 4.68. The van der Waals surface area contributed by atoms with Crippen molar-refractivity contribution in [2.45, 2.75) is 13.3 Å². The Morgan fingerprint density at radius 2 is 2.11 bits per heavy atom. The number of rotatable bonds is 1. The van der Waals surface area contributed by atoms with E-state index in [0.717, 1.165) is 31.7 Å². The van der Waals surface area contributed by atoms with Crippen molar-refractivity contribution < 1.29 is 4.79 Å². The lowest BCUT2D eigenvalue weighted by Gasteiger charge is -2.24. The quantitative estimate of drug-likeness (QED) is 0.768. The molecule has 0 unspecified atom stereocenters. The van der Waals surface area contributed by atoms with Crippen molar-refractivity contribution in [3.05, 3.63) is 23.8 Å². The predicted octanol–water partition coefficient (Wildman–Crippen LogP) is 1.20. The van der Waals surface area contributed by atoms with Gasteiger partial charge in [-0.25, -0.2) is 0 Å². The highest BCUT2D eigenvalue weighted by Gasteiger charge is 2.18. The molecule has 1 heterocycles. The van der Waals surface area contributed by atoms with Crippen molar-refractivity contribution in [1.29, 1.82) is 5.26 Å². The molecule has 2 N–H and O–H groups in total. The summed E-state index contributed by atoms with van der Waals surface area (Å²) in [5.41, 5.74) is 8.17. The zero-order chi connectivity index (χ0) is 13.8. The molecule has 1 aliphatic heterocycles. The smallest absolute Gasteiger partial charge is 0.219 e. The summed E-state index contributed by atoms with van der Waals surface area (Å²) in [5.74, 6) is 0.112. The lowest BCUT2D eigenvalue weighted by atomic mass is 10.1. The predicted molar refractivity (Wildman–Crippen MR) is 74.7 cm³/mol. The third-order valence-electron chi connectivity index (χ3n) is 3.44. The number of amides is 1. The van der Waals surface area contributed by atoms with Crippen LogP contribution in [-0.2, 0) is 4.79 Å². The van der Waals surface area contributed by atoms with Gasteiger partial charge >= 0.3 is 0 Å². The number of hydrogen-bond donors (Lipinski definition) is 1. The summed E-state index contributed by atoms with van der Waals surface area (Å²) < 4.78 is 0. The van der Waals surface area contributed by atoms with Gasteiger partial charge < -0.3 is 15.5 Å². The molecule has 0 bridgehead atoms. The van der Waals surface area contributed by atoms with Gasteiger partial charge in [-0.05, 0) is 24.6 Å². The Morgan fingerprint density at radius 1 is 1.32 bits per heavy atom. The molecule has 0 radical (unpaired) electrons. The molecule has 0 atom stereocenters. The van der Waals surface area contributed by atoms with E-state index in [2.05, 4.69) is 11.0 Å². The monoisotopic (exact) mass is 258 g/mol. The minimum absolute atomic E-state index is 0.112. The molecule has 1 saturated heterocycles. The van der Waals surface area contributed by atoms with Crippen molar-refractivity contribution in [3.63, 3.8) is 0 Å². The average Bonchev–Trinajstić information content (AvgIpc) is 2.65. The van der Waals surface area contributed by atoms with E-state index >= 15 is 0 Å². The summed E-state index contributed by atoms with van der Waals surface area (Å²) in [6.07, 6.45) is 0.913. The fraction of sp³-hybridized carbons (Fsp3) is 0.429. The molecule has 5 heteroatoms. The standard InChI is InChI=1S/C14H18N4O/c1-11(19)17-5-2-6-18(8-7-17)14-9-12(10-15)3-4-13(14)16/h3-4,9H,2,5-8,16H2,1H3. The van der Waals surface area contributed by atoms with Gasteiger partial charge in [0.2, 0.25) is 5.91 Å². The van der Waals surface area contributed by atoms with Crippen molar-refractivity contribution >= 4 is 17.3 Å². The molecule has 19 heavy (non-hydrogen) atoms. The summed E-state index contributed by atoms with van der Waals surface area (Å²) in [7, 11) is 0. The number of nitriles is 1. The Kier molecular flexibility index (Phi) is 3.91. The van der Waals surface area contributed by atoms with E-state index in [9.17, 15) is 4.79 Å². The van der Waals surface area contributed by atoms with Crippen LogP contribution in [0, 0.1) is 11.3 Å². The largest absolute Gasteiger partial charge is 0.397 e. The molecular formula is C14H18N4O. The van der Waals surface area contributed by atoms with E-state index in [0.29, 0.717) is 17.8 Å². The van der Waals surface area contributed by atoms with Crippen LogP contribution in [0.4, 0.5) is 11.4 Å². The van der Waals surface area contributed by atoms with Crippen LogP contribution in [0.25, 0.3) is 0 Å². The number of hydrogen-bond acceptors (Lipinski definition) is 4. The van der Waals surface area contributed by atoms with Gasteiger partial charge in [0.05, 0.1) is 23.0 Å². The Balaban J connectivity index is 2.18. The van der Waals surface area contributed by atoms with Crippen LogP contribution >= 0.6 is 0 Å². The first-order chi connectivity index (χ1) is 9.11. The van der Waals surface area contributed by atoms with Gasteiger partial charge in [0.25, 0.3) is 0 Å². The normalized spacial score (nSPS) is 15.8. The van der Waals surface area contributed by atoms with Crippen molar-refractivity contribution in [2.24, 2.45) is 0 Å². The number of nitrogen functional groups attached to an aromatic ring is 1. The number of nitrogens with two attached hydrogens (primary N) is 1. The van der Waals surface area contributed by atoms with Crippen LogP contribution in [0.1, 0.15) is 18.9 Å². The minimum atomic E-state index is 0.112. The Bertz CT molecular complexity index is 521. The molecule has 1 amide bonds. The van der Waals surface area contributed by atoms with Crippen LogP contribution < -0.4 is 10.6 Å². The van der Waals surface area contributed by atoms with Crippen molar-refractivity contribution in [3.8, 4) is 6.07 Å². The van der Waals surface area contributed by atoms with Crippen LogP contribution in [0.3, 0.4) is 0 Å². The van der Waals surface area contributed by atoms with Gasteiger partial charge in [0.15, 0.2) is 0 Å². The molecule has 2 rings (SSSR count). The summed E-state index contributed by atoms with van der Waals surface area (Å²) >= 11 is 0. The molecule has 1 aromatic carbocycles. The topological polar surface area (TPSA) is 73.4 Å². The highest BCUT2D eigenvalue weighted by molar-refractivity contribution is 5.74. The summed E-state index contributed by atoms with van der Waals surface area (Å²) in [4.78, 5) is 15.4. The van der Waals surface area contributed by atoms with Crippen LogP contribution in [0.2, 0.25) is 0 Å². The molecule has 1 fully saturated rings. The molecular weight excluding hydrogens is 240 g/mol. The van der Waals surface area contributed by atoms with E-state index in [4.69, 9.17) is 11.0 Å². The average molecular weight is 258 g/mol. The number of nitrogens with zero attached hydrogens (tertiary/aromatic N) is 3. The molecule has 100 valence electrons. The lowest BCUT2D eigenvalue weighted by Crippen LogP contribution is -2.33. The second kappa shape index (κ2) is 5.61. The fourth-order valence-corrected chi connectivity index (χ4v) is 2.36. The minimum Gasteiger partial charge on any atom is -0.397 e. The molecule has 0 aliphatic carbocycles. The van der Waals surface area contributed by atoms with E-state index in [1.165, 1.54) is 0 Å². The zero-order valence-corrected chi connectivity index (χ0v) is 11.1. The Hall–Kier alpha value is -2.22. The van der Waals surface area contributed by atoms with Crippen LogP contribution in [0.5, 0.6) is 0 Å². The number of benzene rings is 1. The maximum absolute atomic E-state index is 11.4. The second-order valence-corrected chi connectivity index (χ2v) is 4.73. The number of anilines is 2. The number of carbonyl (C=O) groups is 1. The lowest BCUT2D eigenvalue weighted by molar-refractivity contribution is -0.128. The molecule has 0 aromatic heterocycles. The van der Waals surface area contributed by atoms with Crippen LogP contribution in [0.15, 0.2) is 18.2 Å². The van der Waals surface area contributed by atoms with E-state index in [-0.39, 0.29) is 5.91 Å². The molecule has 1 aliphatic rings. The van der Waals surface area contributed by atoms with Crippen molar-refractivity contribution in [2.75, 3.05) is 36.8 Å². The third-order valence-corrected chi connectivity index (χ3v) is 3.44. The Labute approximate surface area is 113 Å². The van der Waals surface area contributed by atoms with Gasteiger partial charge in [-0.2, -0.15) is 5.26 Å². The van der Waals surface area contributed by atoms with Gasteiger partial charge in [-0.15, -0.1) is 0 Å². The maximum Gasteiger partial charge on any atom is 0.219 e. The first kappa shape index (κ1) is 13.2. The van der Waals surface area contributed by atoms with Crippen LogP contribution in [-0.4, -0.2) is 37.0 Å². The van der Waals surface area contributed by atoms with Gasteiger partial charge in [0.1, 0.15) is 0 Å². The fourth-order valence-electron chi connectivity index (χ4n) is 2.36. The second-order valence-electron chi connectivity index (χ2n) is 4.73. The van der Waals surface area contributed by atoms with Crippen molar-refractivity contribution in [1.82, 2.24) is 4.90 Å². The first-order valence-corrected chi connectivity index (χ1v) is 6.42. The van der Waals surface area contributed by atoms with E-state index in [1.54, 1.807) is 19.1 Å². The molecule has 0 spiro atoms. The van der Waals surface area contributed by atoms with Gasteiger partial charge in [-0.1, -0.05) is 0 Å². The van der Waals surface area contributed by atoms with Gasteiger partial charge in [0, 0.05) is 33.1 Å². The summed E-state index contributed by atoms with van der Waals surface area (Å²) in [5, 5.41) is 8.96. The molecule has 1 aromatic rings. The maximum atomic E-state index is 11.4. The highest BCUT2D eigenvalue weighted by atomic mass is 16.2. The number of carbonyl (C=O) groups excluding carboxylic acids is 1. The molecule has 0 saturated carbocycles. The SMILES string of the molecule is CC(=O)N1CCCN(c2cc(C#N)ccc2N)CC1. The third kappa shape index (κ3) is 2.97.